The predicted molar refractivity (Wildman–Crippen MR) is 151 cm³/mol. The Balaban J connectivity index is 1.36. The van der Waals surface area contributed by atoms with Crippen LogP contribution in [0.5, 0.6) is 11.5 Å². The zero-order valence-corrected chi connectivity index (χ0v) is 22.2. The summed E-state index contributed by atoms with van der Waals surface area (Å²) in [4.78, 5) is 17.6. The topological polar surface area (TPSA) is 59.9 Å². The van der Waals surface area contributed by atoms with E-state index in [0.29, 0.717) is 28.2 Å². The molecular weight excluding hydrogens is 536 g/mol. The maximum Gasteiger partial charge on any atom is 0.264 e. The van der Waals surface area contributed by atoms with Crippen molar-refractivity contribution in [1.82, 2.24) is 5.32 Å². The van der Waals surface area contributed by atoms with Gasteiger partial charge in [-0.25, -0.2) is 4.99 Å². The van der Waals surface area contributed by atoms with Crippen molar-refractivity contribution in [2.24, 2.45) is 4.99 Å². The number of ether oxygens (including phenoxy) is 2. The number of nitrogens with one attached hydrogen (secondary N) is 1. The molecule has 0 unspecified atom stereocenters. The molecule has 36 heavy (non-hydrogen) atoms. The number of fused-ring (bicyclic) bond motifs is 1. The molecule has 0 radical (unpaired) electrons. The van der Waals surface area contributed by atoms with Gasteiger partial charge in [-0.3, -0.25) is 4.79 Å². The molecule has 4 aromatic rings. The summed E-state index contributed by atoms with van der Waals surface area (Å²) >= 11 is 4.93. The second kappa shape index (κ2) is 10.6. The number of carbonyl (C=O) groups is 1. The van der Waals surface area contributed by atoms with Gasteiger partial charge in [-0.05, 0) is 86.9 Å². The number of aryl methyl sites for hydroxylation is 1. The van der Waals surface area contributed by atoms with Crippen molar-refractivity contribution in [3.63, 3.8) is 0 Å². The summed E-state index contributed by atoms with van der Waals surface area (Å²) in [5, 5.41) is 5.71. The Kier molecular flexibility index (Phi) is 7.11. The number of halogens is 1. The standard InChI is InChI=1S/C29H23BrN2O3S/c1-18-10-12-22(13-11-18)31-29-32-28(33)26(36-29)16-19-14-24(30)27(25(15-19)34-2)35-17-21-8-5-7-20-6-3-4-9-23(20)21/h3-16H,17H2,1-2H3,(H,31,32,33)/b26-16-. The van der Waals surface area contributed by atoms with Crippen LogP contribution in [-0.4, -0.2) is 18.2 Å². The van der Waals surface area contributed by atoms with Crippen LogP contribution in [0.1, 0.15) is 16.7 Å². The molecule has 7 heteroatoms. The first-order valence-corrected chi connectivity index (χ1v) is 12.9. The van der Waals surface area contributed by atoms with Crippen LogP contribution in [0.15, 0.2) is 93.2 Å². The van der Waals surface area contributed by atoms with Crippen molar-refractivity contribution in [3.05, 3.63) is 105 Å². The molecule has 0 aromatic heterocycles. The summed E-state index contributed by atoms with van der Waals surface area (Å²) in [6.45, 7) is 2.42. The van der Waals surface area contributed by atoms with Gasteiger partial charge >= 0.3 is 0 Å². The van der Waals surface area contributed by atoms with E-state index in [1.165, 1.54) is 17.1 Å². The van der Waals surface area contributed by atoms with Gasteiger partial charge in [0.2, 0.25) is 0 Å². The highest BCUT2D eigenvalue weighted by atomic mass is 79.9. The van der Waals surface area contributed by atoms with Crippen LogP contribution in [0.3, 0.4) is 0 Å². The van der Waals surface area contributed by atoms with Gasteiger partial charge in [0.1, 0.15) is 6.61 Å². The lowest BCUT2D eigenvalue weighted by molar-refractivity contribution is -0.115. The molecule has 180 valence electrons. The summed E-state index contributed by atoms with van der Waals surface area (Å²) in [6, 6.07) is 26.0. The fourth-order valence-electron chi connectivity index (χ4n) is 3.90. The van der Waals surface area contributed by atoms with Gasteiger partial charge in [0.05, 0.1) is 22.2 Å². The number of aliphatic imine (C=N–C) groups is 1. The van der Waals surface area contributed by atoms with E-state index in [9.17, 15) is 4.79 Å². The fourth-order valence-corrected chi connectivity index (χ4v) is 5.32. The molecule has 5 rings (SSSR count). The Morgan fingerprint density at radius 3 is 2.61 bits per heavy atom. The third kappa shape index (κ3) is 5.32. The summed E-state index contributed by atoms with van der Waals surface area (Å²) in [5.41, 5.74) is 3.85. The van der Waals surface area contributed by atoms with Crippen LogP contribution in [-0.2, 0) is 11.4 Å². The number of amidine groups is 1. The average molecular weight is 559 g/mol. The molecule has 0 saturated carbocycles. The van der Waals surface area contributed by atoms with Gasteiger partial charge in [0.25, 0.3) is 5.91 Å². The van der Waals surface area contributed by atoms with Crippen molar-refractivity contribution >= 4 is 61.3 Å². The van der Waals surface area contributed by atoms with E-state index in [1.54, 1.807) is 7.11 Å². The largest absolute Gasteiger partial charge is 0.493 e. The molecule has 0 bridgehead atoms. The first-order chi connectivity index (χ1) is 17.5. The minimum absolute atomic E-state index is 0.183. The van der Waals surface area contributed by atoms with Crippen molar-refractivity contribution in [1.29, 1.82) is 0 Å². The maximum absolute atomic E-state index is 12.6. The third-order valence-electron chi connectivity index (χ3n) is 5.72. The van der Waals surface area contributed by atoms with E-state index < -0.39 is 0 Å². The number of methoxy groups -OCH3 is 1. The van der Waals surface area contributed by atoms with E-state index in [2.05, 4.69) is 50.5 Å². The van der Waals surface area contributed by atoms with E-state index in [1.807, 2.05) is 67.6 Å². The number of hydrogen-bond donors (Lipinski definition) is 1. The number of benzene rings is 4. The average Bonchev–Trinajstić information content (AvgIpc) is 3.22. The molecule has 1 amide bonds. The van der Waals surface area contributed by atoms with E-state index in [-0.39, 0.29) is 5.91 Å². The highest BCUT2D eigenvalue weighted by Crippen LogP contribution is 2.39. The van der Waals surface area contributed by atoms with E-state index in [0.717, 1.165) is 32.2 Å². The highest BCUT2D eigenvalue weighted by molar-refractivity contribution is 9.10. The quantitative estimate of drug-likeness (QED) is 0.250. The van der Waals surface area contributed by atoms with Crippen LogP contribution in [0, 0.1) is 6.92 Å². The summed E-state index contributed by atoms with van der Waals surface area (Å²) < 4.78 is 12.6. The molecule has 4 aromatic carbocycles. The third-order valence-corrected chi connectivity index (χ3v) is 7.22. The molecule has 5 nitrogen and oxygen atoms in total. The lowest BCUT2D eigenvalue weighted by Gasteiger charge is -2.15. The lowest BCUT2D eigenvalue weighted by Crippen LogP contribution is -2.19. The molecule has 0 atom stereocenters. The van der Waals surface area contributed by atoms with Crippen molar-refractivity contribution in [2.75, 3.05) is 7.11 Å². The van der Waals surface area contributed by atoms with Gasteiger partial charge < -0.3 is 14.8 Å². The maximum atomic E-state index is 12.6. The minimum Gasteiger partial charge on any atom is -0.493 e. The van der Waals surface area contributed by atoms with E-state index in [4.69, 9.17) is 9.47 Å². The summed E-state index contributed by atoms with van der Waals surface area (Å²) in [6.07, 6.45) is 1.82. The lowest BCUT2D eigenvalue weighted by atomic mass is 10.1. The molecule has 1 N–H and O–H groups in total. The number of hydrogen-bond acceptors (Lipinski definition) is 5. The normalized spacial score (nSPS) is 15.5. The summed E-state index contributed by atoms with van der Waals surface area (Å²) in [5.74, 6) is 1.00. The van der Waals surface area contributed by atoms with Crippen LogP contribution >= 0.6 is 27.7 Å². The second-order valence-electron chi connectivity index (χ2n) is 8.28. The Bertz CT molecular complexity index is 1510. The molecule has 1 aliphatic rings. The predicted octanol–water partition coefficient (Wildman–Crippen LogP) is 7.39. The van der Waals surface area contributed by atoms with Gasteiger partial charge in [0, 0.05) is 0 Å². The molecule has 1 heterocycles. The van der Waals surface area contributed by atoms with Crippen molar-refractivity contribution < 1.29 is 14.3 Å². The van der Waals surface area contributed by atoms with Gasteiger partial charge in [0.15, 0.2) is 16.7 Å². The minimum atomic E-state index is -0.183. The second-order valence-corrected chi connectivity index (χ2v) is 10.2. The molecule has 1 fully saturated rings. The zero-order chi connectivity index (χ0) is 25.1. The monoisotopic (exact) mass is 558 g/mol. The van der Waals surface area contributed by atoms with Crippen LogP contribution in [0.4, 0.5) is 5.69 Å². The number of nitrogens with zero attached hydrogens (tertiary/aromatic N) is 1. The van der Waals surface area contributed by atoms with Crippen molar-refractivity contribution in [3.8, 4) is 11.5 Å². The Hall–Kier alpha value is -3.55. The molecule has 0 spiro atoms. The summed E-state index contributed by atoms with van der Waals surface area (Å²) in [7, 11) is 1.60. The Labute approximate surface area is 222 Å². The highest BCUT2D eigenvalue weighted by Gasteiger charge is 2.24. The molecule has 1 aliphatic heterocycles. The zero-order valence-electron chi connectivity index (χ0n) is 19.7. The Morgan fingerprint density at radius 1 is 1.03 bits per heavy atom. The van der Waals surface area contributed by atoms with Crippen LogP contribution in [0.2, 0.25) is 0 Å². The number of amides is 1. The fraction of sp³-hybridized carbons (Fsp3) is 0.103. The molecular formula is C29H23BrN2O3S. The first-order valence-electron chi connectivity index (χ1n) is 11.3. The number of carbonyl (C=O) groups excluding carboxylic acids is 1. The molecule has 0 aliphatic carbocycles. The van der Waals surface area contributed by atoms with Gasteiger partial charge in [-0.2, -0.15) is 0 Å². The van der Waals surface area contributed by atoms with Crippen LogP contribution in [0.25, 0.3) is 16.8 Å². The van der Waals surface area contributed by atoms with Crippen molar-refractivity contribution in [2.45, 2.75) is 13.5 Å². The number of thioether (sulfide) groups is 1. The number of rotatable bonds is 6. The van der Waals surface area contributed by atoms with Gasteiger partial charge in [-0.1, -0.05) is 60.2 Å². The first kappa shape index (κ1) is 24.2. The molecule has 1 saturated heterocycles. The smallest absolute Gasteiger partial charge is 0.264 e. The van der Waals surface area contributed by atoms with E-state index >= 15 is 0 Å². The van der Waals surface area contributed by atoms with Crippen LogP contribution < -0.4 is 14.8 Å². The Morgan fingerprint density at radius 2 is 1.81 bits per heavy atom. The van der Waals surface area contributed by atoms with Gasteiger partial charge in [-0.15, -0.1) is 0 Å². The SMILES string of the molecule is COc1cc(/C=C2\SC(=Nc3ccc(C)cc3)NC2=O)cc(Br)c1OCc1cccc2ccccc12.